The molecule has 0 aliphatic carbocycles. The molecule has 0 spiro atoms. The fraction of sp³-hybridized carbons (Fsp3) is 0.0952. The Morgan fingerprint density at radius 1 is 1.04 bits per heavy atom. The number of benzene rings is 2. The van der Waals surface area contributed by atoms with E-state index in [2.05, 4.69) is 10.1 Å². The second-order valence-electron chi connectivity index (χ2n) is 5.95. The van der Waals surface area contributed by atoms with Crippen molar-refractivity contribution in [3.63, 3.8) is 0 Å². The summed E-state index contributed by atoms with van der Waals surface area (Å²) in [5.74, 6) is 1.23. The smallest absolute Gasteiger partial charge is 0.282 e. The minimum absolute atomic E-state index is 0.208. The summed E-state index contributed by atoms with van der Waals surface area (Å²) >= 11 is 1.49. The molecule has 0 saturated heterocycles. The van der Waals surface area contributed by atoms with Crippen molar-refractivity contribution in [1.29, 1.82) is 0 Å². The number of aromatic nitrogens is 2. The molecule has 28 heavy (non-hydrogen) atoms. The van der Waals surface area contributed by atoms with E-state index in [1.54, 1.807) is 32.6 Å². The van der Waals surface area contributed by atoms with Crippen LogP contribution in [0.3, 0.4) is 0 Å². The molecule has 0 aliphatic rings. The van der Waals surface area contributed by atoms with Crippen LogP contribution in [0.4, 0.5) is 0 Å². The van der Waals surface area contributed by atoms with Gasteiger partial charge < -0.3 is 9.47 Å². The molecule has 6 nitrogen and oxygen atoms in total. The van der Waals surface area contributed by atoms with E-state index in [1.807, 2.05) is 42.5 Å². The van der Waals surface area contributed by atoms with Crippen LogP contribution in [0.5, 0.6) is 11.5 Å². The summed E-state index contributed by atoms with van der Waals surface area (Å²) in [4.78, 5) is 18.9. The zero-order chi connectivity index (χ0) is 19.5. The van der Waals surface area contributed by atoms with Crippen LogP contribution in [0.15, 0.2) is 70.8 Å². The van der Waals surface area contributed by atoms with Gasteiger partial charge in [-0.3, -0.25) is 4.79 Å². The molecule has 0 atom stereocenters. The number of hydrogen-bond donors (Lipinski definition) is 0. The van der Waals surface area contributed by atoms with Crippen molar-refractivity contribution in [2.45, 2.75) is 0 Å². The van der Waals surface area contributed by atoms with E-state index >= 15 is 0 Å². The van der Waals surface area contributed by atoms with Crippen LogP contribution in [0.2, 0.25) is 0 Å². The molecule has 2 heterocycles. The molecule has 0 radical (unpaired) electrons. The highest BCUT2D eigenvalue weighted by atomic mass is 32.1. The number of nitrogens with zero attached hydrogens (tertiary/aromatic N) is 3. The van der Waals surface area contributed by atoms with Gasteiger partial charge in [-0.25, -0.2) is 4.98 Å². The average molecular weight is 391 g/mol. The van der Waals surface area contributed by atoms with Gasteiger partial charge in [0.25, 0.3) is 5.56 Å². The Balaban J connectivity index is 1.69. The maximum absolute atomic E-state index is 12.8. The zero-order valence-corrected chi connectivity index (χ0v) is 16.1. The highest BCUT2D eigenvalue weighted by Crippen LogP contribution is 2.30. The summed E-state index contributed by atoms with van der Waals surface area (Å²) in [6, 6.07) is 17.2. The molecule has 0 unspecified atom stereocenters. The molecular formula is C21H17N3O3S. The fourth-order valence-electron chi connectivity index (χ4n) is 2.80. The third kappa shape index (κ3) is 3.39. The van der Waals surface area contributed by atoms with Crippen LogP contribution < -0.4 is 15.0 Å². The van der Waals surface area contributed by atoms with Crippen LogP contribution in [0, 0.1) is 0 Å². The minimum atomic E-state index is -0.208. The van der Waals surface area contributed by atoms with Gasteiger partial charge in [0.15, 0.2) is 11.5 Å². The third-order valence-electron chi connectivity index (χ3n) is 4.23. The van der Waals surface area contributed by atoms with Gasteiger partial charge in [-0.2, -0.15) is 9.78 Å². The maximum Gasteiger partial charge on any atom is 0.282 e. The molecule has 4 rings (SSSR count). The summed E-state index contributed by atoms with van der Waals surface area (Å²) in [6.07, 6.45) is 3.02. The summed E-state index contributed by atoms with van der Waals surface area (Å²) in [7, 11) is 3.15. The first kappa shape index (κ1) is 17.9. The molecule has 0 fully saturated rings. The Kier molecular flexibility index (Phi) is 4.90. The molecule has 0 amide bonds. The van der Waals surface area contributed by atoms with Crippen molar-refractivity contribution in [2.24, 2.45) is 5.10 Å². The zero-order valence-electron chi connectivity index (χ0n) is 15.3. The van der Waals surface area contributed by atoms with E-state index in [0.29, 0.717) is 21.7 Å². The van der Waals surface area contributed by atoms with Crippen LogP contribution in [-0.4, -0.2) is 30.1 Å². The minimum Gasteiger partial charge on any atom is -0.493 e. The third-order valence-corrected chi connectivity index (χ3v) is 5.32. The lowest BCUT2D eigenvalue weighted by molar-refractivity contribution is 0.355. The largest absolute Gasteiger partial charge is 0.493 e. The molecule has 0 bridgehead atoms. The Morgan fingerprint density at radius 2 is 1.82 bits per heavy atom. The normalized spacial score (nSPS) is 11.2. The molecule has 7 heteroatoms. The number of ether oxygens (including phenoxy) is 2. The van der Waals surface area contributed by atoms with Gasteiger partial charge in [0.05, 0.1) is 25.8 Å². The van der Waals surface area contributed by atoms with Crippen LogP contribution in [0.1, 0.15) is 5.56 Å². The monoisotopic (exact) mass is 391 g/mol. The maximum atomic E-state index is 12.8. The molecule has 4 aromatic rings. The van der Waals surface area contributed by atoms with E-state index in [1.165, 1.54) is 22.3 Å². The summed E-state index contributed by atoms with van der Waals surface area (Å²) in [6.45, 7) is 0. The molecule has 0 saturated carbocycles. The second kappa shape index (κ2) is 7.66. The van der Waals surface area contributed by atoms with Crippen molar-refractivity contribution >= 4 is 27.8 Å². The quantitative estimate of drug-likeness (QED) is 0.482. The van der Waals surface area contributed by atoms with Crippen LogP contribution >= 0.6 is 11.3 Å². The molecule has 2 aromatic carbocycles. The first-order valence-corrected chi connectivity index (χ1v) is 9.34. The molecule has 0 N–H and O–H groups in total. The number of methoxy groups -OCH3 is 2. The van der Waals surface area contributed by atoms with Gasteiger partial charge in [0, 0.05) is 4.88 Å². The van der Waals surface area contributed by atoms with Crippen molar-refractivity contribution in [3.05, 3.63) is 76.8 Å². The Hall–Kier alpha value is -3.45. The summed E-state index contributed by atoms with van der Waals surface area (Å²) in [5, 5.41) is 4.82. The van der Waals surface area contributed by atoms with E-state index in [9.17, 15) is 4.79 Å². The second-order valence-corrected chi connectivity index (χ2v) is 6.98. The highest BCUT2D eigenvalue weighted by molar-refractivity contribution is 7.21. The van der Waals surface area contributed by atoms with E-state index in [-0.39, 0.29) is 5.56 Å². The van der Waals surface area contributed by atoms with E-state index in [0.717, 1.165) is 16.0 Å². The summed E-state index contributed by atoms with van der Waals surface area (Å²) in [5.41, 5.74) is 1.63. The first-order valence-electron chi connectivity index (χ1n) is 8.52. The van der Waals surface area contributed by atoms with E-state index in [4.69, 9.17) is 9.47 Å². The van der Waals surface area contributed by atoms with Crippen molar-refractivity contribution in [3.8, 4) is 21.9 Å². The standard InChI is InChI=1S/C21H17N3O3S/c1-26-17-9-8-14(10-18(17)27-2)12-23-24-13-22-20-16(21(24)25)11-19(28-20)15-6-4-3-5-7-15/h3-13H,1-2H3/b23-12+. The molecular weight excluding hydrogens is 374 g/mol. The van der Waals surface area contributed by atoms with Gasteiger partial charge in [0.2, 0.25) is 0 Å². The lowest BCUT2D eigenvalue weighted by Crippen LogP contribution is -2.16. The van der Waals surface area contributed by atoms with Gasteiger partial charge >= 0.3 is 0 Å². The number of rotatable bonds is 5. The Labute approximate surface area is 165 Å². The lowest BCUT2D eigenvalue weighted by atomic mass is 10.2. The average Bonchev–Trinajstić information content (AvgIpc) is 3.19. The van der Waals surface area contributed by atoms with Crippen molar-refractivity contribution < 1.29 is 9.47 Å². The van der Waals surface area contributed by atoms with Gasteiger partial charge in [-0.15, -0.1) is 11.3 Å². The lowest BCUT2D eigenvalue weighted by Gasteiger charge is -2.07. The predicted octanol–water partition coefficient (Wildman–Crippen LogP) is 4.02. The predicted molar refractivity (Wildman–Crippen MR) is 112 cm³/mol. The van der Waals surface area contributed by atoms with Gasteiger partial charge in [0.1, 0.15) is 11.2 Å². The van der Waals surface area contributed by atoms with E-state index < -0.39 is 0 Å². The van der Waals surface area contributed by atoms with Crippen molar-refractivity contribution in [2.75, 3.05) is 14.2 Å². The fourth-order valence-corrected chi connectivity index (χ4v) is 3.80. The van der Waals surface area contributed by atoms with Gasteiger partial charge in [-0.1, -0.05) is 30.3 Å². The summed E-state index contributed by atoms with van der Waals surface area (Å²) < 4.78 is 11.8. The number of fused-ring (bicyclic) bond motifs is 1. The Morgan fingerprint density at radius 3 is 2.57 bits per heavy atom. The molecule has 0 aliphatic heterocycles. The van der Waals surface area contributed by atoms with Gasteiger partial charge in [-0.05, 0) is 35.4 Å². The Bertz CT molecular complexity index is 1210. The molecule has 140 valence electrons. The first-order chi connectivity index (χ1) is 13.7. The number of hydrogen-bond acceptors (Lipinski definition) is 6. The van der Waals surface area contributed by atoms with Crippen molar-refractivity contribution in [1.82, 2.24) is 9.66 Å². The van der Waals surface area contributed by atoms with Crippen LogP contribution in [0.25, 0.3) is 20.7 Å². The molecule has 2 aromatic heterocycles. The SMILES string of the molecule is COc1ccc(/C=N/n2cnc3sc(-c4ccccc4)cc3c2=O)cc1OC. The highest BCUT2D eigenvalue weighted by Gasteiger charge is 2.10. The van der Waals surface area contributed by atoms with Crippen LogP contribution in [-0.2, 0) is 0 Å². The topological polar surface area (TPSA) is 65.7 Å². The number of thiophene rings is 1.